The van der Waals surface area contributed by atoms with Gasteiger partial charge in [0, 0.05) is 30.6 Å². The molecule has 6 rings (SSSR count). The molecular formula is C34H32NOSi+. The first-order valence-electron chi connectivity index (χ1n) is 15.4. The van der Waals surface area contributed by atoms with Gasteiger partial charge in [-0.1, -0.05) is 97.5 Å². The number of fused-ring (bicyclic) bond motifs is 3. The average molecular weight is 505 g/mol. The molecule has 2 heterocycles. The molecular weight excluding hydrogens is 466 g/mol. The van der Waals surface area contributed by atoms with Crippen molar-refractivity contribution in [3.05, 3.63) is 120 Å². The molecule has 0 unspecified atom stereocenters. The number of furan rings is 1. The fraction of sp³-hybridized carbons (Fsp3) is 0.147. The molecule has 0 aliphatic carbocycles. The number of pyridine rings is 1. The molecule has 6 aromatic rings. The third kappa shape index (κ3) is 3.65. The summed E-state index contributed by atoms with van der Waals surface area (Å²) in [4.78, 5) is 0. The lowest BCUT2D eigenvalue weighted by atomic mass is 9.99. The molecule has 182 valence electrons. The van der Waals surface area contributed by atoms with Crippen molar-refractivity contribution < 1.29 is 17.2 Å². The Labute approximate surface area is 228 Å². The summed E-state index contributed by atoms with van der Waals surface area (Å²) in [5.41, 5.74) is 3.32. The van der Waals surface area contributed by atoms with Crippen molar-refractivity contribution >= 4 is 45.6 Å². The number of aryl methyl sites for hydroxylation is 4. The van der Waals surface area contributed by atoms with Crippen LogP contribution in [0.3, 0.4) is 0 Å². The number of rotatable bonds is 4. The van der Waals surface area contributed by atoms with E-state index >= 15 is 0 Å². The largest absolute Gasteiger partial charge is 0.455 e. The Balaban J connectivity index is 1.68. The first-order chi connectivity index (χ1) is 20.3. The van der Waals surface area contributed by atoms with Crippen LogP contribution in [0.1, 0.15) is 24.9 Å². The van der Waals surface area contributed by atoms with E-state index in [2.05, 4.69) is 79.3 Å². The first-order valence-corrected chi connectivity index (χ1v) is 14.9. The number of benzene rings is 4. The van der Waals surface area contributed by atoms with E-state index in [1.807, 2.05) is 25.1 Å². The predicted octanol–water partition coefficient (Wildman–Crippen LogP) is 6.10. The molecule has 0 fully saturated rings. The van der Waals surface area contributed by atoms with Crippen molar-refractivity contribution in [1.82, 2.24) is 0 Å². The first kappa shape index (κ1) is 17.5. The number of hydrogen-bond acceptors (Lipinski definition) is 1. The molecule has 0 radical (unpaired) electrons. The highest BCUT2D eigenvalue weighted by Crippen LogP contribution is 2.37. The van der Waals surface area contributed by atoms with Gasteiger partial charge >= 0.3 is 0 Å². The van der Waals surface area contributed by atoms with E-state index in [4.69, 9.17) is 12.6 Å². The summed E-state index contributed by atoms with van der Waals surface area (Å²) in [6.45, 7) is -0.863. The fourth-order valence-electron chi connectivity index (χ4n) is 5.59. The topological polar surface area (TPSA) is 17.0 Å². The minimum atomic E-state index is -2.60. The van der Waals surface area contributed by atoms with Crippen molar-refractivity contribution in [3.8, 4) is 11.3 Å². The van der Waals surface area contributed by atoms with Crippen LogP contribution in [-0.2, 0) is 7.05 Å². The van der Waals surface area contributed by atoms with Crippen LogP contribution in [0, 0.1) is 20.6 Å². The number of hydrogen-bond donors (Lipinski definition) is 0. The van der Waals surface area contributed by atoms with Gasteiger partial charge in [0.15, 0.2) is 6.20 Å². The summed E-state index contributed by atoms with van der Waals surface area (Å²) in [5.74, 6) is 0. The number of aromatic nitrogens is 1. The maximum absolute atomic E-state index is 8.14. The van der Waals surface area contributed by atoms with E-state index in [1.54, 1.807) is 11.6 Å². The molecule has 4 aromatic carbocycles. The monoisotopic (exact) mass is 504 g/mol. The Morgan fingerprint density at radius 2 is 1.35 bits per heavy atom. The normalized spacial score (nSPS) is 15.0. The molecule has 37 heavy (non-hydrogen) atoms. The molecule has 0 saturated heterocycles. The smallest absolute Gasteiger partial charge is 0.216 e. The lowest BCUT2D eigenvalue weighted by molar-refractivity contribution is -0.660. The summed E-state index contributed by atoms with van der Waals surface area (Å²) >= 11 is 0. The van der Waals surface area contributed by atoms with E-state index in [0.717, 1.165) is 32.7 Å². The van der Waals surface area contributed by atoms with Crippen molar-refractivity contribution in [1.29, 1.82) is 0 Å². The van der Waals surface area contributed by atoms with Crippen molar-refractivity contribution in [2.45, 2.75) is 27.2 Å². The van der Waals surface area contributed by atoms with Gasteiger partial charge in [-0.3, -0.25) is 0 Å². The van der Waals surface area contributed by atoms with Crippen LogP contribution in [0.25, 0.3) is 33.2 Å². The highest BCUT2D eigenvalue weighted by Gasteiger charge is 2.37. The quantitative estimate of drug-likeness (QED) is 0.161. The van der Waals surface area contributed by atoms with Gasteiger partial charge in [0.2, 0.25) is 5.69 Å². The van der Waals surface area contributed by atoms with Crippen molar-refractivity contribution in [3.63, 3.8) is 0 Å². The summed E-state index contributed by atoms with van der Waals surface area (Å²) in [6, 6.07) is 33.0. The summed E-state index contributed by atoms with van der Waals surface area (Å²) < 4.78 is 57.0. The molecule has 0 atom stereocenters. The fourth-order valence-corrected chi connectivity index (χ4v) is 9.33. The van der Waals surface area contributed by atoms with E-state index in [1.165, 1.54) is 22.6 Å². The second-order valence-electron chi connectivity index (χ2n) is 9.87. The lowest BCUT2D eigenvalue weighted by Gasteiger charge is -2.29. The Kier molecular flexibility index (Phi) is 4.19. The summed E-state index contributed by atoms with van der Waals surface area (Å²) in [6.07, 6.45) is 1.42. The minimum Gasteiger partial charge on any atom is -0.455 e. The van der Waals surface area contributed by atoms with Crippen molar-refractivity contribution in [2.75, 3.05) is 0 Å². The Hall–Kier alpha value is -3.95. The second kappa shape index (κ2) is 8.86. The van der Waals surface area contributed by atoms with Crippen LogP contribution in [0.5, 0.6) is 0 Å². The van der Waals surface area contributed by atoms with Crippen LogP contribution in [0.4, 0.5) is 0 Å². The standard InChI is InChI=1S/C34H32NOSi/c1-23-19-20-29-28-17-12-18-31(37(5,26-13-8-6-9-14-26)27-15-10-7-11-16-27)33(28)36-34(29)32(23)30-21-24(2)25(3)22-35(30)4/h6-22H,1-5H3/q+1/i2D3,3D3. The molecule has 0 spiro atoms. The van der Waals surface area contributed by atoms with Crippen LogP contribution >= 0.6 is 0 Å². The summed E-state index contributed by atoms with van der Waals surface area (Å²) in [5, 5.41) is 5.58. The second-order valence-corrected chi connectivity index (χ2v) is 13.8. The Bertz CT molecular complexity index is 1940. The highest BCUT2D eigenvalue weighted by molar-refractivity contribution is 7.11. The van der Waals surface area contributed by atoms with Gasteiger partial charge in [-0.2, -0.15) is 0 Å². The number of nitrogens with zero attached hydrogens (tertiary/aromatic N) is 1. The van der Waals surface area contributed by atoms with Gasteiger partial charge in [-0.15, -0.1) is 0 Å². The van der Waals surface area contributed by atoms with Crippen LogP contribution in [0.15, 0.2) is 108 Å². The third-order valence-electron chi connectivity index (χ3n) is 7.65. The SMILES string of the molecule is [2H]C([2H])([2H])c1cc(-c2c(C)ccc3c2oc2c([Si](C)(c4ccccc4)c4ccccc4)cccc23)[n+](C)cc1C([2H])([2H])[2H]. The summed E-state index contributed by atoms with van der Waals surface area (Å²) in [7, 11) is -0.779. The van der Waals surface area contributed by atoms with E-state index in [9.17, 15) is 0 Å². The minimum absolute atomic E-state index is 0.178. The molecule has 0 amide bonds. The average Bonchev–Trinajstić information content (AvgIpc) is 3.35. The Morgan fingerprint density at radius 1 is 0.703 bits per heavy atom. The van der Waals surface area contributed by atoms with E-state index in [0.29, 0.717) is 11.3 Å². The van der Waals surface area contributed by atoms with E-state index in [-0.39, 0.29) is 11.1 Å². The zero-order chi connectivity index (χ0) is 30.7. The Morgan fingerprint density at radius 3 is 2.00 bits per heavy atom. The maximum Gasteiger partial charge on any atom is 0.216 e. The third-order valence-corrected chi connectivity index (χ3v) is 12.1. The number of para-hydroxylation sites is 1. The molecule has 3 heteroatoms. The molecule has 0 N–H and O–H groups in total. The van der Waals surface area contributed by atoms with Crippen LogP contribution in [-0.4, -0.2) is 8.07 Å². The van der Waals surface area contributed by atoms with Crippen molar-refractivity contribution in [2.24, 2.45) is 7.05 Å². The zero-order valence-electron chi connectivity index (χ0n) is 27.2. The van der Waals surface area contributed by atoms with Gasteiger partial charge < -0.3 is 4.42 Å². The zero-order valence-corrected chi connectivity index (χ0v) is 22.2. The van der Waals surface area contributed by atoms with Gasteiger partial charge in [0.25, 0.3) is 0 Å². The molecule has 2 aromatic heterocycles. The molecule has 0 aliphatic rings. The van der Waals surface area contributed by atoms with Gasteiger partial charge in [0.1, 0.15) is 26.3 Å². The highest BCUT2D eigenvalue weighted by atomic mass is 28.3. The van der Waals surface area contributed by atoms with Crippen LogP contribution in [0.2, 0.25) is 6.55 Å². The predicted molar refractivity (Wildman–Crippen MR) is 158 cm³/mol. The van der Waals surface area contributed by atoms with E-state index < -0.39 is 21.8 Å². The molecule has 0 saturated carbocycles. The van der Waals surface area contributed by atoms with Gasteiger partial charge in [-0.25, -0.2) is 4.57 Å². The maximum atomic E-state index is 8.14. The lowest BCUT2D eigenvalue weighted by Crippen LogP contribution is -2.64. The van der Waals surface area contributed by atoms with Crippen LogP contribution < -0.4 is 20.1 Å². The molecule has 2 nitrogen and oxygen atoms in total. The van der Waals surface area contributed by atoms with Gasteiger partial charge in [-0.05, 0) is 47.3 Å². The van der Waals surface area contributed by atoms with Gasteiger partial charge in [0.05, 0.1) is 5.56 Å². The molecule has 0 bridgehead atoms. The molecule has 0 aliphatic heterocycles.